The third-order valence-corrected chi connectivity index (χ3v) is 4.94. The molecular formula is C22H24N2O5. The first-order valence-corrected chi connectivity index (χ1v) is 9.45. The van der Waals surface area contributed by atoms with E-state index in [1.54, 1.807) is 29.2 Å². The van der Waals surface area contributed by atoms with Crippen molar-refractivity contribution in [2.45, 2.75) is 26.3 Å². The van der Waals surface area contributed by atoms with Crippen molar-refractivity contribution >= 4 is 23.5 Å². The van der Waals surface area contributed by atoms with Crippen molar-refractivity contribution in [1.29, 1.82) is 0 Å². The number of nitrogens with zero attached hydrogens (tertiary/aromatic N) is 1. The van der Waals surface area contributed by atoms with Crippen LogP contribution >= 0.6 is 0 Å². The first-order chi connectivity index (χ1) is 13.8. The van der Waals surface area contributed by atoms with E-state index < -0.39 is 18.5 Å². The molecule has 0 aliphatic carbocycles. The summed E-state index contributed by atoms with van der Waals surface area (Å²) in [6, 6.07) is 14.3. The van der Waals surface area contributed by atoms with Crippen molar-refractivity contribution in [2.24, 2.45) is 5.92 Å². The van der Waals surface area contributed by atoms with Gasteiger partial charge >= 0.3 is 5.97 Å². The van der Waals surface area contributed by atoms with Crippen molar-refractivity contribution in [3.8, 4) is 5.75 Å². The molecule has 2 aromatic carbocycles. The normalized spacial score (nSPS) is 17.1. The Balaban J connectivity index is 1.57. The van der Waals surface area contributed by atoms with E-state index in [1.807, 2.05) is 38.1 Å². The molecule has 2 aromatic rings. The van der Waals surface area contributed by atoms with E-state index in [1.165, 1.54) is 0 Å². The van der Waals surface area contributed by atoms with Gasteiger partial charge in [0.2, 0.25) is 11.8 Å². The van der Waals surface area contributed by atoms with E-state index in [2.05, 4.69) is 5.32 Å². The number of aryl methyl sites for hydroxylation is 1. The van der Waals surface area contributed by atoms with Crippen LogP contribution in [0.2, 0.25) is 0 Å². The third kappa shape index (κ3) is 5.13. The van der Waals surface area contributed by atoms with Crippen LogP contribution in [-0.2, 0) is 14.4 Å². The average molecular weight is 396 g/mol. The lowest BCUT2D eigenvalue weighted by molar-refractivity contribution is -0.139. The summed E-state index contributed by atoms with van der Waals surface area (Å²) in [4.78, 5) is 37.2. The highest BCUT2D eigenvalue weighted by Gasteiger charge is 2.35. The van der Waals surface area contributed by atoms with Crippen LogP contribution in [0.25, 0.3) is 0 Å². The van der Waals surface area contributed by atoms with Gasteiger partial charge in [0.25, 0.3) is 0 Å². The number of carbonyl (C=O) groups excluding carboxylic acids is 2. The number of amides is 2. The van der Waals surface area contributed by atoms with Gasteiger partial charge in [-0.25, -0.2) is 4.79 Å². The molecule has 1 fully saturated rings. The lowest BCUT2D eigenvalue weighted by atomic mass is 10.0. The number of hydrogen-bond donors (Lipinski definition) is 2. The summed E-state index contributed by atoms with van der Waals surface area (Å²) in [7, 11) is 0. The highest BCUT2D eigenvalue weighted by molar-refractivity contribution is 6.00. The molecule has 2 atom stereocenters. The van der Waals surface area contributed by atoms with Crippen molar-refractivity contribution in [3.63, 3.8) is 0 Å². The Hall–Kier alpha value is -3.35. The number of aliphatic carboxylic acids is 1. The van der Waals surface area contributed by atoms with Gasteiger partial charge in [-0.2, -0.15) is 0 Å². The smallest absolute Gasteiger partial charge is 0.341 e. The molecule has 1 saturated heterocycles. The third-order valence-electron chi connectivity index (χ3n) is 4.94. The minimum Gasteiger partial charge on any atom is -0.482 e. The van der Waals surface area contributed by atoms with Crippen LogP contribution in [0.4, 0.5) is 5.69 Å². The molecule has 29 heavy (non-hydrogen) atoms. The van der Waals surface area contributed by atoms with Crippen LogP contribution in [-0.4, -0.2) is 36.0 Å². The van der Waals surface area contributed by atoms with E-state index in [9.17, 15) is 14.4 Å². The minimum atomic E-state index is -1.04. The number of carboxylic acids is 1. The number of carbonyl (C=O) groups is 3. The van der Waals surface area contributed by atoms with Crippen molar-refractivity contribution in [2.75, 3.05) is 18.1 Å². The predicted molar refractivity (Wildman–Crippen MR) is 108 cm³/mol. The van der Waals surface area contributed by atoms with Crippen molar-refractivity contribution < 1.29 is 24.2 Å². The summed E-state index contributed by atoms with van der Waals surface area (Å²) in [5.41, 5.74) is 2.78. The Labute approximate surface area is 169 Å². The van der Waals surface area contributed by atoms with Crippen LogP contribution < -0.4 is 15.0 Å². The second-order valence-electron chi connectivity index (χ2n) is 7.22. The van der Waals surface area contributed by atoms with Crippen LogP contribution in [0.5, 0.6) is 5.75 Å². The molecule has 1 aliphatic heterocycles. The maximum absolute atomic E-state index is 12.7. The maximum atomic E-state index is 12.7. The standard InChI is InChI=1S/C22H24N2O5/c1-14-3-7-18(8-4-14)24-12-17(11-20(24)25)22(28)23-15(2)16-5-9-19(10-6-16)29-13-21(26)27/h3-10,15,17H,11-13H2,1-2H3,(H,23,28)(H,26,27). The van der Waals surface area contributed by atoms with Crippen molar-refractivity contribution in [3.05, 3.63) is 59.7 Å². The number of benzene rings is 2. The molecule has 2 amide bonds. The molecule has 7 nitrogen and oxygen atoms in total. The fraction of sp³-hybridized carbons (Fsp3) is 0.318. The van der Waals surface area contributed by atoms with Crippen LogP contribution in [0.1, 0.15) is 30.5 Å². The van der Waals surface area contributed by atoms with Gasteiger partial charge in [-0.3, -0.25) is 9.59 Å². The molecule has 3 rings (SSSR count). The van der Waals surface area contributed by atoms with Crippen LogP contribution in [0, 0.1) is 12.8 Å². The molecule has 2 N–H and O–H groups in total. The summed E-state index contributed by atoms with van der Waals surface area (Å²) in [6.45, 7) is 3.80. The van der Waals surface area contributed by atoms with E-state index >= 15 is 0 Å². The van der Waals surface area contributed by atoms with E-state index in [4.69, 9.17) is 9.84 Å². The van der Waals surface area contributed by atoms with Crippen molar-refractivity contribution in [1.82, 2.24) is 5.32 Å². The highest BCUT2D eigenvalue weighted by Crippen LogP contribution is 2.26. The molecule has 2 unspecified atom stereocenters. The summed E-state index contributed by atoms with van der Waals surface area (Å²) in [5, 5.41) is 11.6. The lowest BCUT2D eigenvalue weighted by Crippen LogP contribution is -2.34. The second-order valence-corrected chi connectivity index (χ2v) is 7.22. The molecule has 0 spiro atoms. The van der Waals surface area contributed by atoms with Gasteiger partial charge in [0.05, 0.1) is 12.0 Å². The van der Waals surface area contributed by atoms with Gasteiger partial charge < -0.3 is 20.1 Å². The molecular weight excluding hydrogens is 372 g/mol. The Morgan fingerprint density at radius 2 is 1.83 bits per heavy atom. The first kappa shape index (κ1) is 20.4. The number of rotatable bonds is 7. The van der Waals surface area contributed by atoms with E-state index in [0.717, 1.165) is 16.8 Å². The molecule has 0 radical (unpaired) electrons. The zero-order chi connectivity index (χ0) is 21.0. The molecule has 152 valence electrons. The van der Waals surface area contributed by atoms with Gasteiger partial charge in [-0.05, 0) is 43.7 Å². The van der Waals surface area contributed by atoms with Gasteiger partial charge in [0.1, 0.15) is 5.75 Å². The minimum absolute atomic E-state index is 0.0541. The maximum Gasteiger partial charge on any atom is 0.341 e. The van der Waals surface area contributed by atoms with Crippen LogP contribution in [0.3, 0.4) is 0 Å². The fourth-order valence-electron chi connectivity index (χ4n) is 3.27. The second kappa shape index (κ2) is 8.77. The first-order valence-electron chi connectivity index (χ1n) is 9.45. The molecule has 0 saturated carbocycles. The Bertz CT molecular complexity index is 892. The Morgan fingerprint density at radius 3 is 2.45 bits per heavy atom. The quantitative estimate of drug-likeness (QED) is 0.750. The lowest BCUT2D eigenvalue weighted by Gasteiger charge is -2.19. The topological polar surface area (TPSA) is 95.9 Å². The number of nitrogens with one attached hydrogen (secondary N) is 1. The average Bonchev–Trinajstić information content (AvgIpc) is 3.09. The summed E-state index contributed by atoms with van der Waals surface area (Å²) in [5.74, 6) is -1.21. The zero-order valence-electron chi connectivity index (χ0n) is 16.4. The fourth-order valence-corrected chi connectivity index (χ4v) is 3.27. The van der Waals surface area contributed by atoms with Crippen LogP contribution in [0.15, 0.2) is 48.5 Å². The number of hydrogen-bond acceptors (Lipinski definition) is 4. The highest BCUT2D eigenvalue weighted by atomic mass is 16.5. The SMILES string of the molecule is Cc1ccc(N2CC(C(=O)NC(C)c3ccc(OCC(=O)O)cc3)CC2=O)cc1. The van der Waals surface area contributed by atoms with E-state index in [-0.39, 0.29) is 24.3 Å². The molecule has 1 aliphatic rings. The summed E-state index contributed by atoms with van der Waals surface area (Å²) in [6.07, 6.45) is 0.189. The monoisotopic (exact) mass is 396 g/mol. The van der Waals surface area contributed by atoms with Gasteiger partial charge in [0, 0.05) is 18.7 Å². The van der Waals surface area contributed by atoms with Gasteiger partial charge in [-0.15, -0.1) is 0 Å². The number of ether oxygens (including phenoxy) is 1. The number of anilines is 1. The summed E-state index contributed by atoms with van der Waals surface area (Å²) >= 11 is 0. The molecule has 1 heterocycles. The molecule has 0 bridgehead atoms. The van der Waals surface area contributed by atoms with E-state index in [0.29, 0.717) is 12.3 Å². The zero-order valence-corrected chi connectivity index (χ0v) is 16.4. The summed E-state index contributed by atoms with van der Waals surface area (Å²) < 4.78 is 5.11. The molecule has 0 aromatic heterocycles. The molecule has 7 heteroatoms. The number of carboxylic acid groups (broad SMARTS) is 1. The Kier molecular flexibility index (Phi) is 6.16. The van der Waals surface area contributed by atoms with Gasteiger partial charge in [0.15, 0.2) is 6.61 Å². The largest absolute Gasteiger partial charge is 0.482 e. The predicted octanol–water partition coefficient (Wildman–Crippen LogP) is 2.69. The van der Waals surface area contributed by atoms with Gasteiger partial charge in [-0.1, -0.05) is 29.8 Å². The Morgan fingerprint density at radius 1 is 1.17 bits per heavy atom.